The molecule has 25 heavy (non-hydrogen) atoms. The highest BCUT2D eigenvalue weighted by atomic mass is 32.2. The Kier molecular flexibility index (Phi) is 5.69. The van der Waals surface area contributed by atoms with Crippen LogP contribution in [0.3, 0.4) is 0 Å². The van der Waals surface area contributed by atoms with E-state index in [9.17, 15) is 4.79 Å². The van der Waals surface area contributed by atoms with Gasteiger partial charge in [0.05, 0.1) is 0 Å². The van der Waals surface area contributed by atoms with Gasteiger partial charge >= 0.3 is 6.03 Å². The minimum absolute atomic E-state index is 0.0211. The first-order valence-corrected chi connectivity index (χ1v) is 10.0. The van der Waals surface area contributed by atoms with Crippen LogP contribution in [0.2, 0.25) is 0 Å². The van der Waals surface area contributed by atoms with Crippen LogP contribution in [0.15, 0.2) is 48.5 Å². The van der Waals surface area contributed by atoms with Crippen LogP contribution in [-0.4, -0.2) is 23.2 Å². The standard InChI is InChI=1S/C21H26N2OS/c1-4-16-5-11-19(12-6-16)22-21(24)23-13-14-25-20(23)18-9-7-17(8-10-18)15(2)3/h5-12,15,20H,4,13-14H2,1-3H3,(H,22,24)/t20-/m0/s1. The lowest BCUT2D eigenvalue weighted by atomic mass is 10.0. The maximum absolute atomic E-state index is 12.7. The van der Waals surface area contributed by atoms with Crippen LogP contribution in [0, 0.1) is 0 Å². The molecule has 132 valence electrons. The van der Waals surface area contributed by atoms with Gasteiger partial charge in [-0.3, -0.25) is 0 Å². The fraction of sp³-hybridized carbons (Fsp3) is 0.381. The van der Waals surface area contributed by atoms with Crippen molar-refractivity contribution >= 4 is 23.5 Å². The van der Waals surface area contributed by atoms with E-state index >= 15 is 0 Å². The van der Waals surface area contributed by atoms with E-state index in [2.05, 4.69) is 62.5 Å². The first kappa shape index (κ1) is 17.9. The molecule has 2 amide bonds. The zero-order valence-electron chi connectivity index (χ0n) is 15.2. The second kappa shape index (κ2) is 7.96. The minimum Gasteiger partial charge on any atom is -0.308 e. The average Bonchev–Trinajstić information content (AvgIpc) is 3.12. The lowest BCUT2D eigenvalue weighted by molar-refractivity contribution is 0.214. The number of anilines is 1. The monoisotopic (exact) mass is 354 g/mol. The van der Waals surface area contributed by atoms with Crippen LogP contribution >= 0.6 is 11.8 Å². The van der Waals surface area contributed by atoms with Gasteiger partial charge in [-0.25, -0.2) is 4.79 Å². The van der Waals surface area contributed by atoms with Crippen molar-refractivity contribution in [3.05, 3.63) is 65.2 Å². The first-order valence-electron chi connectivity index (χ1n) is 8.96. The van der Waals surface area contributed by atoms with Crippen molar-refractivity contribution in [1.82, 2.24) is 4.90 Å². The molecule has 0 aliphatic carbocycles. The highest BCUT2D eigenvalue weighted by Gasteiger charge is 2.30. The summed E-state index contributed by atoms with van der Waals surface area (Å²) in [6.07, 6.45) is 1.01. The predicted octanol–water partition coefficient (Wildman–Crippen LogP) is 5.65. The molecule has 3 rings (SSSR count). The number of nitrogens with zero attached hydrogens (tertiary/aromatic N) is 1. The van der Waals surface area contributed by atoms with E-state index in [0.717, 1.165) is 24.4 Å². The highest BCUT2D eigenvalue weighted by molar-refractivity contribution is 7.99. The Morgan fingerprint density at radius 1 is 1.16 bits per heavy atom. The van der Waals surface area contributed by atoms with Crippen molar-refractivity contribution in [3.8, 4) is 0 Å². The van der Waals surface area contributed by atoms with E-state index in [1.807, 2.05) is 28.8 Å². The maximum Gasteiger partial charge on any atom is 0.323 e. The number of rotatable bonds is 4. The molecule has 1 atom stereocenters. The van der Waals surface area contributed by atoms with Gasteiger partial charge in [-0.2, -0.15) is 0 Å². The Morgan fingerprint density at radius 3 is 2.44 bits per heavy atom. The summed E-state index contributed by atoms with van der Waals surface area (Å²) >= 11 is 1.83. The molecule has 1 N–H and O–H groups in total. The van der Waals surface area contributed by atoms with E-state index < -0.39 is 0 Å². The number of carbonyl (C=O) groups is 1. The zero-order valence-corrected chi connectivity index (χ0v) is 16.0. The van der Waals surface area contributed by atoms with Crippen LogP contribution in [0.1, 0.15) is 48.8 Å². The van der Waals surface area contributed by atoms with Gasteiger partial charge < -0.3 is 10.2 Å². The zero-order chi connectivity index (χ0) is 17.8. The van der Waals surface area contributed by atoms with Crippen LogP contribution in [0.4, 0.5) is 10.5 Å². The molecule has 0 saturated carbocycles. The summed E-state index contributed by atoms with van der Waals surface area (Å²) in [4.78, 5) is 14.7. The minimum atomic E-state index is -0.0211. The smallest absolute Gasteiger partial charge is 0.308 e. The van der Waals surface area contributed by atoms with Crippen LogP contribution in [0.25, 0.3) is 0 Å². The Hall–Kier alpha value is -1.94. The third-order valence-electron chi connectivity index (χ3n) is 4.65. The number of nitrogens with one attached hydrogen (secondary N) is 1. The van der Waals surface area contributed by atoms with Crippen molar-refractivity contribution in [2.75, 3.05) is 17.6 Å². The van der Waals surface area contributed by atoms with E-state index in [0.29, 0.717) is 5.92 Å². The molecule has 1 aliphatic rings. The van der Waals surface area contributed by atoms with Gasteiger partial charge in [-0.1, -0.05) is 57.2 Å². The molecule has 0 radical (unpaired) electrons. The summed E-state index contributed by atoms with van der Waals surface area (Å²) in [5.74, 6) is 1.49. The summed E-state index contributed by atoms with van der Waals surface area (Å²) in [6.45, 7) is 7.30. The van der Waals surface area contributed by atoms with Gasteiger partial charge in [0.15, 0.2) is 0 Å². The normalized spacial score (nSPS) is 17.1. The van der Waals surface area contributed by atoms with Crippen LogP contribution in [-0.2, 0) is 6.42 Å². The van der Waals surface area contributed by atoms with Crippen LogP contribution < -0.4 is 5.32 Å². The van der Waals surface area contributed by atoms with Crippen LogP contribution in [0.5, 0.6) is 0 Å². The molecule has 0 aromatic heterocycles. The SMILES string of the molecule is CCc1ccc(NC(=O)N2CCS[C@H]2c2ccc(C(C)C)cc2)cc1. The third-order valence-corrected chi connectivity index (χ3v) is 5.91. The number of hydrogen-bond acceptors (Lipinski definition) is 2. The Bertz CT molecular complexity index is 710. The fourth-order valence-corrected chi connectivity index (χ4v) is 4.27. The number of hydrogen-bond donors (Lipinski definition) is 1. The second-order valence-corrected chi connectivity index (χ2v) is 7.91. The van der Waals surface area contributed by atoms with Gasteiger partial charge in [0.1, 0.15) is 5.37 Å². The number of amides is 2. The molecule has 1 heterocycles. The van der Waals surface area contributed by atoms with E-state index in [1.165, 1.54) is 16.7 Å². The molecule has 1 fully saturated rings. The Labute approximate surface area is 154 Å². The van der Waals surface area contributed by atoms with Crippen molar-refractivity contribution < 1.29 is 4.79 Å². The summed E-state index contributed by atoms with van der Waals surface area (Å²) in [6, 6.07) is 16.7. The van der Waals surface area contributed by atoms with E-state index in [4.69, 9.17) is 0 Å². The molecular formula is C21H26N2OS. The molecule has 1 aliphatic heterocycles. The van der Waals surface area contributed by atoms with Gasteiger partial charge in [0.2, 0.25) is 0 Å². The lowest BCUT2D eigenvalue weighted by Gasteiger charge is -2.25. The van der Waals surface area contributed by atoms with Crippen molar-refractivity contribution in [2.24, 2.45) is 0 Å². The Morgan fingerprint density at radius 2 is 1.84 bits per heavy atom. The predicted molar refractivity (Wildman–Crippen MR) is 107 cm³/mol. The van der Waals surface area contributed by atoms with E-state index in [-0.39, 0.29) is 11.4 Å². The van der Waals surface area contributed by atoms with Crippen molar-refractivity contribution in [2.45, 2.75) is 38.5 Å². The van der Waals surface area contributed by atoms with Gasteiger partial charge in [0.25, 0.3) is 0 Å². The summed E-state index contributed by atoms with van der Waals surface area (Å²) in [5.41, 5.74) is 4.66. The molecule has 4 heteroatoms. The van der Waals surface area contributed by atoms with E-state index in [1.54, 1.807) is 0 Å². The van der Waals surface area contributed by atoms with Gasteiger partial charge in [-0.15, -0.1) is 11.8 Å². The number of aryl methyl sites for hydroxylation is 1. The quantitative estimate of drug-likeness (QED) is 0.769. The molecule has 3 nitrogen and oxygen atoms in total. The molecule has 0 bridgehead atoms. The second-order valence-electron chi connectivity index (χ2n) is 6.72. The molecule has 2 aromatic carbocycles. The number of benzene rings is 2. The van der Waals surface area contributed by atoms with Gasteiger partial charge in [-0.05, 0) is 41.2 Å². The molecule has 1 saturated heterocycles. The molecule has 0 spiro atoms. The number of urea groups is 1. The largest absolute Gasteiger partial charge is 0.323 e. The Balaban J connectivity index is 1.70. The molecular weight excluding hydrogens is 328 g/mol. The fourth-order valence-electron chi connectivity index (χ4n) is 3.02. The summed E-state index contributed by atoms with van der Waals surface area (Å²) in [5, 5.41) is 3.13. The molecule has 2 aromatic rings. The average molecular weight is 355 g/mol. The molecule has 0 unspecified atom stereocenters. The number of carbonyl (C=O) groups excluding carboxylic acids is 1. The number of thioether (sulfide) groups is 1. The highest BCUT2D eigenvalue weighted by Crippen LogP contribution is 2.38. The summed E-state index contributed by atoms with van der Waals surface area (Å²) in [7, 11) is 0. The third kappa shape index (κ3) is 4.18. The maximum atomic E-state index is 12.7. The lowest BCUT2D eigenvalue weighted by Crippen LogP contribution is -2.34. The topological polar surface area (TPSA) is 32.3 Å². The van der Waals surface area contributed by atoms with Crippen molar-refractivity contribution in [1.29, 1.82) is 0 Å². The van der Waals surface area contributed by atoms with Gasteiger partial charge in [0, 0.05) is 18.0 Å². The summed E-state index contributed by atoms with van der Waals surface area (Å²) < 4.78 is 0. The first-order chi connectivity index (χ1) is 12.1. The van der Waals surface area contributed by atoms with Crippen molar-refractivity contribution in [3.63, 3.8) is 0 Å².